The van der Waals surface area contributed by atoms with E-state index >= 15 is 0 Å². The Labute approximate surface area is 128 Å². The molecule has 1 rings (SSSR count). The first kappa shape index (κ1) is 19.1. The van der Waals surface area contributed by atoms with Crippen LogP contribution < -0.4 is 0 Å². The molecule has 0 spiro atoms. The van der Waals surface area contributed by atoms with E-state index in [1.54, 1.807) is 6.07 Å². The number of phenolic OH excluding ortho intramolecular Hbond substituents is 1. The summed E-state index contributed by atoms with van der Waals surface area (Å²) in [5.74, 6) is -6.21. The molecule has 0 saturated heterocycles. The van der Waals surface area contributed by atoms with Gasteiger partial charge in [-0.2, -0.15) is 22.0 Å². The van der Waals surface area contributed by atoms with Gasteiger partial charge in [0, 0.05) is 0 Å². The van der Waals surface area contributed by atoms with Crippen molar-refractivity contribution in [2.75, 3.05) is 19.8 Å². The molecule has 23 heavy (non-hydrogen) atoms. The number of esters is 1. The molecule has 4 nitrogen and oxygen atoms in total. The number of aromatic hydroxyl groups is 1. The number of hydrogen-bond donors (Lipinski definition) is 1. The molecule has 0 aromatic heterocycles. The summed E-state index contributed by atoms with van der Waals surface area (Å²) in [6.07, 6.45) is -5.05. The molecule has 0 bridgehead atoms. The molecule has 1 aromatic carbocycles. The average Bonchev–Trinajstić information content (AvgIpc) is 2.45. The van der Waals surface area contributed by atoms with E-state index in [1.807, 2.05) is 6.92 Å². The molecule has 0 amide bonds. The Morgan fingerprint density at radius 1 is 1.17 bits per heavy atom. The maximum absolute atomic E-state index is 12.5. The van der Waals surface area contributed by atoms with Crippen LogP contribution in [-0.4, -0.2) is 43.0 Å². The predicted octanol–water partition coefficient (Wildman–Crippen LogP) is 3.33. The molecule has 0 heterocycles. The van der Waals surface area contributed by atoms with Crippen molar-refractivity contribution in [1.82, 2.24) is 0 Å². The topological polar surface area (TPSA) is 55.8 Å². The molecule has 0 saturated carbocycles. The van der Waals surface area contributed by atoms with Gasteiger partial charge >= 0.3 is 18.1 Å². The Hall–Kier alpha value is -1.90. The third kappa shape index (κ3) is 5.34. The Morgan fingerprint density at radius 3 is 2.35 bits per heavy atom. The number of rotatable bonds is 7. The van der Waals surface area contributed by atoms with Gasteiger partial charge in [-0.3, -0.25) is 0 Å². The third-order valence-corrected chi connectivity index (χ3v) is 2.85. The number of benzene rings is 1. The lowest BCUT2D eigenvalue weighted by atomic mass is 10.1. The highest BCUT2D eigenvalue weighted by Gasteiger charge is 2.57. The van der Waals surface area contributed by atoms with E-state index in [-0.39, 0.29) is 11.3 Å². The zero-order valence-electron chi connectivity index (χ0n) is 12.1. The second kappa shape index (κ2) is 7.58. The van der Waals surface area contributed by atoms with Crippen LogP contribution in [0.25, 0.3) is 0 Å². The molecule has 0 atom stereocenters. The molecule has 0 aliphatic heterocycles. The normalized spacial score (nSPS) is 12.3. The molecule has 0 fully saturated rings. The second-order valence-electron chi connectivity index (χ2n) is 4.60. The minimum absolute atomic E-state index is 0.136. The third-order valence-electron chi connectivity index (χ3n) is 2.85. The number of aryl methyl sites for hydroxylation is 1. The van der Waals surface area contributed by atoms with Crippen LogP contribution in [0.15, 0.2) is 18.2 Å². The highest BCUT2D eigenvalue weighted by molar-refractivity contribution is 5.92. The summed E-state index contributed by atoms with van der Waals surface area (Å²) in [6.45, 7) is -1.17. The number of halogens is 5. The maximum Gasteiger partial charge on any atom is 0.455 e. The summed E-state index contributed by atoms with van der Waals surface area (Å²) in [5, 5.41) is 9.64. The monoisotopic (exact) mass is 342 g/mol. The molecule has 1 aromatic rings. The Morgan fingerprint density at radius 2 is 1.83 bits per heavy atom. The summed E-state index contributed by atoms with van der Waals surface area (Å²) in [5.41, 5.74) is 0.652. The van der Waals surface area contributed by atoms with Gasteiger partial charge in [0.05, 0.1) is 6.61 Å². The lowest BCUT2D eigenvalue weighted by Crippen LogP contribution is -2.41. The van der Waals surface area contributed by atoms with Crippen LogP contribution in [0.3, 0.4) is 0 Å². The van der Waals surface area contributed by atoms with E-state index in [0.29, 0.717) is 6.42 Å². The molecular formula is C14H15F5O4. The summed E-state index contributed by atoms with van der Waals surface area (Å²) in [4.78, 5) is 11.6. The van der Waals surface area contributed by atoms with Gasteiger partial charge in [0.25, 0.3) is 0 Å². The summed E-state index contributed by atoms with van der Waals surface area (Å²) < 4.78 is 69.4. The van der Waals surface area contributed by atoms with Crippen LogP contribution in [0.5, 0.6) is 5.75 Å². The fourth-order valence-corrected chi connectivity index (χ4v) is 1.52. The van der Waals surface area contributed by atoms with E-state index < -0.39 is 37.9 Å². The molecule has 9 heteroatoms. The van der Waals surface area contributed by atoms with Crippen molar-refractivity contribution in [3.8, 4) is 5.75 Å². The fourth-order valence-electron chi connectivity index (χ4n) is 1.52. The lowest BCUT2D eigenvalue weighted by Gasteiger charge is -2.19. The maximum atomic E-state index is 12.5. The zero-order valence-corrected chi connectivity index (χ0v) is 12.1. The van der Waals surface area contributed by atoms with Crippen LogP contribution in [0.2, 0.25) is 0 Å². The first-order valence-electron chi connectivity index (χ1n) is 6.60. The summed E-state index contributed by atoms with van der Waals surface area (Å²) in [6, 6.07) is 4.29. The van der Waals surface area contributed by atoms with Crippen molar-refractivity contribution in [1.29, 1.82) is 0 Å². The molecule has 130 valence electrons. The van der Waals surface area contributed by atoms with Gasteiger partial charge in [0.15, 0.2) is 0 Å². The minimum atomic E-state index is -5.70. The second-order valence-corrected chi connectivity index (χ2v) is 4.60. The number of ether oxygens (including phenoxy) is 2. The largest absolute Gasteiger partial charge is 0.507 e. The number of alkyl halides is 5. The molecular weight excluding hydrogens is 327 g/mol. The van der Waals surface area contributed by atoms with Crippen LogP contribution >= 0.6 is 0 Å². The first-order chi connectivity index (χ1) is 10.6. The number of carbonyl (C=O) groups excluding carboxylic acids is 1. The predicted molar refractivity (Wildman–Crippen MR) is 69.6 cm³/mol. The van der Waals surface area contributed by atoms with Crippen LogP contribution in [0.1, 0.15) is 22.8 Å². The molecule has 0 aliphatic rings. The van der Waals surface area contributed by atoms with Crippen LogP contribution in [-0.2, 0) is 15.9 Å². The fraction of sp³-hybridized carbons (Fsp3) is 0.500. The Balaban J connectivity index is 2.41. The SMILES string of the molecule is CCc1ccc(C(=O)OCCOCC(F)(F)C(F)(F)F)c(O)c1. The highest BCUT2D eigenvalue weighted by atomic mass is 19.4. The van der Waals surface area contributed by atoms with Crippen molar-refractivity contribution in [3.63, 3.8) is 0 Å². The van der Waals surface area contributed by atoms with Crippen LogP contribution in [0, 0.1) is 0 Å². The molecule has 1 N–H and O–H groups in total. The van der Waals surface area contributed by atoms with E-state index in [0.717, 1.165) is 5.56 Å². The first-order valence-corrected chi connectivity index (χ1v) is 6.60. The number of hydrogen-bond acceptors (Lipinski definition) is 4. The van der Waals surface area contributed by atoms with Gasteiger partial charge in [-0.1, -0.05) is 13.0 Å². The molecule has 0 radical (unpaired) electrons. The number of phenols is 1. The van der Waals surface area contributed by atoms with Gasteiger partial charge in [-0.15, -0.1) is 0 Å². The quantitative estimate of drug-likeness (QED) is 0.469. The van der Waals surface area contributed by atoms with Crippen molar-refractivity contribution < 1.29 is 41.3 Å². The van der Waals surface area contributed by atoms with E-state index in [4.69, 9.17) is 0 Å². The highest BCUT2D eigenvalue weighted by Crippen LogP contribution is 2.35. The Bertz CT molecular complexity index is 542. The van der Waals surface area contributed by atoms with Crippen molar-refractivity contribution in [2.24, 2.45) is 0 Å². The smallest absolute Gasteiger partial charge is 0.455 e. The van der Waals surface area contributed by atoms with E-state index in [1.165, 1.54) is 12.1 Å². The van der Waals surface area contributed by atoms with Gasteiger partial charge in [-0.05, 0) is 24.1 Å². The molecule has 0 unspecified atom stereocenters. The van der Waals surface area contributed by atoms with Crippen LogP contribution in [0.4, 0.5) is 22.0 Å². The number of carbonyl (C=O) groups is 1. The van der Waals surface area contributed by atoms with Gasteiger partial charge < -0.3 is 14.6 Å². The Kier molecular flexibility index (Phi) is 6.31. The van der Waals surface area contributed by atoms with Crippen molar-refractivity contribution in [2.45, 2.75) is 25.4 Å². The van der Waals surface area contributed by atoms with Gasteiger partial charge in [0.1, 0.15) is 24.5 Å². The summed E-state index contributed by atoms with van der Waals surface area (Å²) in [7, 11) is 0. The molecule has 0 aliphatic carbocycles. The van der Waals surface area contributed by atoms with E-state index in [2.05, 4.69) is 9.47 Å². The van der Waals surface area contributed by atoms with Crippen molar-refractivity contribution in [3.05, 3.63) is 29.3 Å². The van der Waals surface area contributed by atoms with Gasteiger partial charge in [-0.25, -0.2) is 4.79 Å². The minimum Gasteiger partial charge on any atom is -0.507 e. The van der Waals surface area contributed by atoms with Gasteiger partial charge in [0.2, 0.25) is 0 Å². The van der Waals surface area contributed by atoms with Crippen molar-refractivity contribution >= 4 is 5.97 Å². The zero-order chi connectivity index (χ0) is 17.7. The van der Waals surface area contributed by atoms with E-state index in [9.17, 15) is 31.9 Å². The lowest BCUT2D eigenvalue weighted by molar-refractivity contribution is -0.297. The standard InChI is InChI=1S/C14H15F5O4/c1-2-9-3-4-10(11(20)7-9)12(21)23-6-5-22-8-13(15,16)14(17,18)19/h3-4,7,20H,2,5-6,8H2,1H3. The average molecular weight is 342 g/mol. The summed E-state index contributed by atoms with van der Waals surface area (Å²) >= 11 is 0.